The van der Waals surface area contributed by atoms with Crippen LogP contribution in [0, 0.1) is 0 Å². The van der Waals surface area contributed by atoms with Gasteiger partial charge in [0.05, 0.1) is 6.42 Å². The van der Waals surface area contributed by atoms with Crippen molar-refractivity contribution in [3.05, 3.63) is 27.7 Å². The van der Waals surface area contributed by atoms with Crippen molar-refractivity contribution in [3.8, 4) is 0 Å². The first kappa shape index (κ1) is 11.2. The molecule has 0 bridgehead atoms. The zero-order valence-electron chi connectivity index (χ0n) is 7.46. The summed E-state index contributed by atoms with van der Waals surface area (Å²) in [5.41, 5.74) is 2.80. The number of aromatic nitrogens is 1. The number of aliphatic carboxylic acids is 1. The summed E-state index contributed by atoms with van der Waals surface area (Å²) in [4.78, 5) is 23.7. The van der Waals surface area contributed by atoms with Crippen LogP contribution in [0.2, 0.25) is 0 Å². The highest BCUT2D eigenvalue weighted by molar-refractivity contribution is 5.70. The summed E-state index contributed by atoms with van der Waals surface area (Å²) in [5.74, 6) is -1.23. The minimum atomic E-state index is -2.89. The fraction of sp³-hybridized carbons (Fsp3) is 0.250. The lowest BCUT2D eigenvalue weighted by atomic mass is 10.1. The first-order valence-corrected chi connectivity index (χ1v) is 3.93. The minimum absolute atomic E-state index is 0.149. The average molecular weight is 218 g/mol. The number of pyridine rings is 1. The van der Waals surface area contributed by atoms with Gasteiger partial charge in [0.15, 0.2) is 0 Å². The molecule has 15 heavy (non-hydrogen) atoms. The van der Waals surface area contributed by atoms with E-state index in [9.17, 15) is 18.4 Å². The third-order valence-corrected chi connectivity index (χ3v) is 1.79. The van der Waals surface area contributed by atoms with E-state index in [1.54, 1.807) is 0 Å². The number of carboxylic acids is 1. The number of H-pyrrole nitrogens is 1. The minimum Gasteiger partial charge on any atom is -0.481 e. The number of halogens is 2. The number of carbonyl (C=O) groups is 1. The van der Waals surface area contributed by atoms with E-state index in [0.29, 0.717) is 0 Å². The summed E-state index contributed by atoms with van der Waals surface area (Å²) in [6.07, 6.45) is -2.51. The molecule has 1 heterocycles. The molecule has 0 fully saturated rings. The molecular weight excluding hydrogens is 210 g/mol. The highest BCUT2D eigenvalue weighted by atomic mass is 19.3. The Bertz CT molecular complexity index is 442. The summed E-state index contributed by atoms with van der Waals surface area (Å²) in [5, 5.41) is 8.42. The fourth-order valence-corrected chi connectivity index (χ4v) is 1.08. The number of nitrogen functional groups attached to an aromatic ring is 1. The van der Waals surface area contributed by atoms with Crippen molar-refractivity contribution in [2.45, 2.75) is 12.8 Å². The normalized spacial score (nSPS) is 10.6. The summed E-state index contributed by atoms with van der Waals surface area (Å²) in [6, 6.07) is 0. The second-order valence-corrected chi connectivity index (χ2v) is 2.84. The van der Waals surface area contributed by atoms with Gasteiger partial charge in [-0.15, -0.1) is 0 Å². The van der Waals surface area contributed by atoms with Crippen LogP contribution in [0.1, 0.15) is 17.7 Å². The van der Waals surface area contributed by atoms with Gasteiger partial charge in [0, 0.05) is 11.8 Å². The second-order valence-electron chi connectivity index (χ2n) is 2.84. The standard InChI is InChI=1S/C8H8F2N2O3/c9-8(10)6-5(11)7(15)3(2-12-6)1-4(13)14/h2,8H,1,11H2,(H,12,15)(H,13,14). The van der Waals surface area contributed by atoms with Crippen molar-refractivity contribution in [2.75, 3.05) is 5.73 Å². The Morgan fingerprint density at radius 3 is 2.67 bits per heavy atom. The van der Waals surface area contributed by atoms with Crippen LogP contribution in [-0.4, -0.2) is 16.1 Å². The number of nitrogens with two attached hydrogens (primary N) is 1. The molecule has 0 aliphatic heterocycles. The van der Waals surface area contributed by atoms with Gasteiger partial charge in [0.25, 0.3) is 6.43 Å². The van der Waals surface area contributed by atoms with Crippen LogP contribution in [-0.2, 0) is 11.2 Å². The number of hydrogen-bond donors (Lipinski definition) is 3. The maximum Gasteiger partial charge on any atom is 0.308 e. The monoisotopic (exact) mass is 218 g/mol. The molecule has 0 aliphatic carbocycles. The van der Waals surface area contributed by atoms with Gasteiger partial charge in [-0.3, -0.25) is 9.59 Å². The highest BCUT2D eigenvalue weighted by Gasteiger charge is 2.17. The zero-order valence-corrected chi connectivity index (χ0v) is 7.46. The van der Waals surface area contributed by atoms with Crippen molar-refractivity contribution in [1.29, 1.82) is 0 Å². The highest BCUT2D eigenvalue weighted by Crippen LogP contribution is 2.19. The predicted octanol–water partition coefficient (Wildman–Crippen LogP) is 0.522. The number of hydrogen-bond acceptors (Lipinski definition) is 3. The maximum absolute atomic E-state index is 12.2. The molecule has 0 atom stereocenters. The van der Waals surface area contributed by atoms with Crippen molar-refractivity contribution in [2.24, 2.45) is 0 Å². The molecule has 0 amide bonds. The molecule has 82 valence electrons. The van der Waals surface area contributed by atoms with E-state index in [1.165, 1.54) is 0 Å². The molecule has 1 aromatic heterocycles. The Morgan fingerprint density at radius 2 is 2.20 bits per heavy atom. The van der Waals surface area contributed by atoms with Gasteiger partial charge in [0.2, 0.25) is 5.43 Å². The van der Waals surface area contributed by atoms with Gasteiger partial charge in [-0.2, -0.15) is 0 Å². The first-order chi connectivity index (χ1) is 6.93. The number of rotatable bonds is 3. The van der Waals surface area contributed by atoms with Crippen LogP contribution in [0.4, 0.5) is 14.5 Å². The molecule has 7 heteroatoms. The number of carboxylic acid groups (broad SMARTS) is 1. The van der Waals surface area contributed by atoms with E-state index < -0.39 is 35.6 Å². The van der Waals surface area contributed by atoms with Gasteiger partial charge >= 0.3 is 5.97 Å². The summed E-state index contributed by atoms with van der Waals surface area (Å²) < 4.78 is 24.5. The van der Waals surface area contributed by atoms with E-state index in [-0.39, 0.29) is 5.56 Å². The van der Waals surface area contributed by atoms with E-state index in [0.717, 1.165) is 6.20 Å². The van der Waals surface area contributed by atoms with Crippen LogP contribution < -0.4 is 11.2 Å². The van der Waals surface area contributed by atoms with E-state index in [2.05, 4.69) is 4.98 Å². The third kappa shape index (κ3) is 2.30. The Balaban J connectivity index is 3.22. The molecular formula is C8H8F2N2O3. The largest absolute Gasteiger partial charge is 0.481 e. The van der Waals surface area contributed by atoms with E-state index in [1.807, 2.05) is 0 Å². The van der Waals surface area contributed by atoms with Gasteiger partial charge in [-0.05, 0) is 0 Å². The number of anilines is 1. The van der Waals surface area contributed by atoms with Gasteiger partial charge < -0.3 is 15.8 Å². The Hall–Kier alpha value is -1.92. The first-order valence-electron chi connectivity index (χ1n) is 3.93. The maximum atomic E-state index is 12.2. The van der Waals surface area contributed by atoms with E-state index in [4.69, 9.17) is 10.8 Å². The Kier molecular flexibility index (Phi) is 3.03. The SMILES string of the molecule is Nc1c(C(F)F)[nH]cc(CC(=O)O)c1=O. The molecule has 1 rings (SSSR count). The van der Waals surface area contributed by atoms with Gasteiger partial charge in [0.1, 0.15) is 11.4 Å². The molecule has 5 nitrogen and oxygen atoms in total. The fourth-order valence-electron chi connectivity index (χ4n) is 1.08. The van der Waals surface area contributed by atoms with Crippen LogP contribution in [0.25, 0.3) is 0 Å². The number of alkyl halides is 2. The smallest absolute Gasteiger partial charge is 0.308 e. The van der Waals surface area contributed by atoms with Crippen molar-refractivity contribution < 1.29 is 18.7 Å². The van der Waals surface area contributed by atoms with Crippen LogP contribution in [0.3, 0.4) is 0 Å². The molecule has 0 saturated carbocycles. The Labute approximate surface area is 82.5 Å². The van der Waals surface area contributed by atoms with E-state index >= 15 is 0 Å². The molecule has 4 N–H and O–H groups in total. The average Bonchev–Trinajstić information content (AvgIpc) is 2.12. The molecule has 0 aliphatic rings. The molecule has 0 radical (unpaired) electrons. The van der Waals surface area contributed by atoms with Gasteiger partial charge in [-0.1, -0.05) is 0 Å². The summed E-state index contributed by atoms with van der Waals surface area (Å²) >= 11 is 0. The number of aromatic amines is 1. The number of nitrogens with one attached hydrogen (secondary N) is 1. The topological polar surface area (TPSA) is 96.2 Å². The van der Waals surface area contributed by atoms with Crippen LogP contribution in [0.5, 0.6) is 0 Å². The third-order valence-electron chi connectivity index (χ3n) is 1.79. The van der Waals surface area contributed by atoms with Crippen LogP contribution in [0.15, 0.2) is 11.0 Å². The molecule has 0 aromatic carbocycles. The molecule has 0 unspecified atom stereocenters. The molecule has 0 saturated heterocycles. The van der Waals surface area contributed by atoms with Crippen molar-refractivity contribution >= 4 is 11.7 Å². The summed E-state index contributed by atoms with van der Waals surface area (Å²) in [6.45, 7) is 0. The zero-order chi connectivity index (χ0) is 11.6. The molecule has 1 aromatic rings. The van der Waals surface area contributed by atoms with Crippen LogP contribution >= 0.6 is 0 Å². The lowest BCUT2D eigenvalue weighted by molar-refractivity contribution is -0.136. The quantitative estimate of drug-likeness (QED) is 0.689. The lowest BCUT2D eigenvalue weighted by Crippen LogP contribution is -2.19. The van der Waals surface area contributed by atoms with Crippen molar-refractivity contribution in [1.82, 2.24) is 4.98 Å². The summed E-state index contributed by atoms with van der Waals surface area (Å²) in [7, 11) is 0. The van der Waals surface area contributed by atoms with Crippen molar-refractivity contribution in [3.63, 3.8) is 0 Å². The lowest BCUT2D eigenvalue weighted by Gasteiger charge is -2.05. The Morgan fingerprint density at radius 1 is 1.60 bits per heavy atom. The predicted molar refractivity (Wildman–Crippen MR) is 47.8 cm³/mol. The second kappa shape index (κ2) is 4.07. The molecule has 0 spiro atoms. The van der Waals surface area contributed by atoms with Gasteiger partial charge in [-0.25, -0.2) is 8.78 Å².